The molecule has 0 unspecified atom stereocenters. The number of benzene rings is 1. The van der Waals surface area contributed by atoms with Crippen molar-refractivity contribution in [3.8, 4) is 0 Å². The molecule has 0 bridgehead atoms. The van der Waals surface area contributed by atoms with Gasteiger partial charge in [0.2, 0.25) is 0 Å². The third kappa shape index (κ3) is 4.47. The van der Waals surface area contributed by atoms with Crippen LogP contribution in [0.5, 0.6) is 0 Å². The van der Waals surface area contributed by atoms with Gasteiger partial charge in [0.05, 0.1) is 16.7 Å². The van der Waals surface area contributed by atoms with E-state index >= 15 is 0 Å². The Balaban J connectivity index is 1.58. The molecule has 4 nitrogen and oxygen atoms in total. The number of hydrogen-bond donors (Lipinski definition) is 1. The Hall–Kier alpha value is -1.83. The first-order valence-corrected chi connectivity index (χ1v) is 8.65. The lowest BCUT2D eigenvalue weighted by Gasteiger charge is -2.36. The fraction of sp³-hybridized carbons (Fsp3) is 0.389. The zero-order valence-electron chi connectivity index (χ0n) is 14.0. The predicted molar refractivity (Wildman–Crippen MR) is 94.3 cm³/mol. The molecular formula is C18H19ClF3N3O. The van der Waals surface area contributed by atoms with E-state index in [-0.39, 0.29) is 5.02 Å². The standard InChI is InChI=1S/C18H19ClF3N3O/c19-15-10-14(18(20,21)22)11-23-17(15)25-8-6-24(7-9-25)12-16(26)13-4-2-1-3-5-13/h1-5,10-11,16,26H,6-9,12H2/t16-/m1/s1. The molecule has 1 N–H and O–H groups in total. The Bertz CT molecular complexity index is 734. The van der Waals surface area contributed by atoms with E-state index in [1.165, 1.54) is 0 Å². The molecule has 0 saturated carbocycles. The number of piperazine rings is 1. The maximum Gasteiger partial charge on any atom is 0.417 e. The zero-order chi connectivity index (χ0) is 18.7. The number of pyridine rings is 1. The molecule has 1 atom stereocenters. The van der Waals surface area contributed by atoms with Crippen LogP contribution < -0.4 is 4.90 Å². The molecule has 2 heterocycles. The number of alkyl halides is 3. The summed E-state index contributed by atoms with van der Waals surface area (Å²) in [6.07, 6.45) is -4.22. The molecule has 1 aliphatic rings. The number of nitrogens with zero attached hydrogens (tertiary/aromatic N) is 3. The number of aromatic nitrogens is 1. The minimum absolute atomic E-state index is 0.00223. The van der Waals surface area contributed by atoms with Crippen LogP contribution in [0, 0.1) is 0 Å². The highest BCUT2D eigenvalue weighted by Gasteiger charge is 2.32. The van der Waals surface area contributed by atoms with Gasteiger partial charge >= 0.3 is 6.18 Å². The Labute approximate surface area is 154 Å². The number of aliphatic hydroxyl groups is 1. The number of rotatable bonds is 4. The normalized spacial score (nSPS) is 17.3. The van der Waals surface area contributed by atoms with Crippen LogP contribution in [0.4, 0.5) is 19.0 Å². The first kappa shape index (κ1) is 18.9. The molecular weight excluding hydrogens is 367 g/mol. The van der Waals surface area contributed by atoms with Crippen molar-refractivity contribution < 1.29 is 18.3 Å². The van der Waals surface area contributed by atoms with Crippen LogP contribution >= 0.6 is 11.6 Å². The molecule has 0 spiro atoms. The van der Waals surface area contributed by atoms with Crippen LogP contribution in [0.15, 0.2) is 42.6 Å². The van der Waals surface area contributed by atoms with E-state index in [1.54, 1.807) is 0 Å². The quantitative estimate of drug-likeness (QED) is 0.872. The molecule has 1 saturated heterocycles. The van der Waals surface area contributed by atoms with Crippen molar-refractivity contribution in [2.75, 3.05) is 37.6 Å². The molecule has 8 heteroatoms. The van der Waals surface area contributed by atoms with Crippen molar-refractivity contribution in [1.29, 1.82) is 0 Å². The first-order valence-electron chi connectivity index (χ1n) is 8.27. The van der Waals surface area contributed by atoms with E-state index in [1.807, 2.05) is 35.2 Å². The van der Waals surface area contributed by atoms with Gasteiger partial charge in [0.25, 0.3) is 0 Å². The predicted octanol–water partition coefficient (Wildman–Crippen LogP) is 3.61. The van der Waals surface area contributed by atoms with Gasteiger partial charge in [-0.1, -0.05) is 41.9 Å². The monoisotopic (exact) mass is 385 g/mol. The molecule has 1 aliphatic heterocycles. The number of anilines is 1. The highest BCUT2D eigenvalue weighted by atomic mass is 35.5. The van der Waals surface area contributed by atoms with E-state index in [4.69, 9.17) is 11.6 Å². The third-order valence-electron chi connectivity index (χ3n) is 4.44. The van der Waals surface area contributed by atoms with Gasteiger partial charge in [-0.2, -0.15) is 13.2 Å². The molecule has 1 fully saturated rings. The fourth-order valence-corrected chi connectivity index (χ4v) is 3.27. The molecule has 2 aromatic rings. The van der Waals surface area contributed by atoms with Crippen molar-refractivity contribution in [3.05, 3.63) is 58.7 Å². The smallest absolute Gasteiger partial charge is 0.387 e. The fourth-order valence-electron chi connectivity index (χ4n) is 2.99. The van der Waals surface area contributed by atoms with Crippen molar-refractivity contribution >= 4 is 17.4 Å². The molecule has 1 aromatic heterocycles. The molecule has 1 aromatic carbocycles. The second kappa shape index (κ2) is 7.82. The largest absolute Gasteiger partial charge is 0.417 e. The van der Waals surface area contributed by atoms with Crippen LogP contribution in [0.2, 0.25) is 5.02 Å². The van der Waals surface area contributed by atoms with Crippen LogP contribution in [0.25, 0.3) is 0 Å². The van der Waals surface area contributed by atoms with E-state index in [0.717, 1.165) is 17.8 Å². The SMILES string of the molecule is O[C@H](CN1CCN(c2ncc(C(F)(F)F)cc2Cl)CC1)c1ccccc1. The molecule has 26 heavy (non-hydrogen) atoms. The lowest BCUT2D eigenvalue weighted by atomic mass is 10.1. The minimum atomic E-state index is -4.46. The van der Waals surface area contributed by atoms with Crippen LogP contribution in [0.3, 0.4) is 0 Å². The molecule has 3 rings (SSSR count). The van der Waals surface area contributed by atoms with Gasteiger partial charge in [-0.05, 0) is 11.6 Å². The summed E-state index contributed by atoms with van der Waals surface area (Å²) in [6, 6.07) is 10.3. The van der Waals surface area contributed by atoms with Crippen molar-refractivity contribution in [2.24, 2.45) is 0 Å². The average Bonchev–Trinajstić information content (AvgIpc) is 2.62. The van der Waals surface area contributed by atoms with E-state index in [2.05, 4.69) is 9.88 Å². The summed E-state index contributed by atoms with van der Waals surface area (Å²) in [5.74, 6) is 0.364. The lowest BCUT2D eigenvalue weighted by molar-refractivity contribution is -0.137. The maximum atomic E-state index is 12.7. The highest BCUT2D eigenvalue weighted by molar-refractivity contribution is 6.33. The number of hydrogen-bond acceptors (Lipinski definition) is 4. The summed E-state index contributed by atoms with van der Waals surface area (Å²) in [4.78, 5) is 7.89. The highest BCUT2D eigenvalue weighted by Crippen LogP contribution is 2.33. The van der Waals surface area contributed by atoms with E-state index in [9.17, 15) is 18.3 Å². The van der Waals surface area contributed by atoms with Crippen LogP contribution in [-0.4, -0.2) is 47.7 Å². The second-order valence-electron chi connectivity index (χ2n) is 6.24. The molecule has 140 valence electrons. The van der Waals surface area contributed by atoms with Crippen molar-refractivity contribution in [2.45, 2.75) is 12.3 Å². The van der Waals surface area contributed by atoms with Gasteiger partial charge in [-0.15, -0.1) is 0 Å². The third-order valence-corrected chi connectivity index (χ3v) is 4.71. The summed E-state index contributed by atoms with van der Waals surface area (Å²) in [5.41, 5.74) is 0.0123. The summed E-state index contributed by atoms with van der Waals surface area (Å²) in [7, 11) is 0. The first-order chi connectivity index (χ1) is 12.3. The van der Waals surface area contributed by atoms with Gasteiger partial charge in [0, 0.05) is 38.9 Å². The molecule has 0 amide bonds. The Morgan fingerprint density at radius 2 is 1.77 bits per heavy atom. The van der Waals surface area contributed by atoms with Gasteiger partial charge in [0.1, 0.15) is 5.82 Å². The summed E-state index contributed by atoms with van der Waals surface area (Å²) < 4.78 is 38.1. The topological polar surface area (TPSA) is 39.6 Å². The zero-order valence-corrected chi connectivity index (χ0v) is 14.7. The summed E-state index contributed by atoms with van der Waals surface area (Å²) >= 11 is 6.01. The van der Waals surface area contributed by atoms with Gasteiger partial charge in [-0.3, -0.25) is 4.90 Å². The summed E-state index contributed by atoms with van der Waals surface area (Å²) in [5, 5.41) is 10.3. The Morgan fingerprint density at radius 3 is 2.35 bits per heavy atom. The molecule has 0 aliphatic carbocycles. The number of β-amino-alcohol motifs (C(OH)–C–C–N with tert-alkyl or cyclic N) is 1. The van der Waals surface area contributed by atoms with Gasteiger partial charge < -0.3 is 10.0 Å². The van der Waals surface area contributed by atoms with Crippen molar-refractivity contribution in [1.82, 2.24) is 9.88 Å². The lowest BCUT2D eigenvalue weighted by Crippen LogP contribution is -2.48. The van der Waals surface area contributed by atoms with Gasteiger partial charge in [-0.25, -0.2) is 4.98 Å². The molecule has 0 radical (unpaired) electrons. The Kier molecular flexibility index (Phi) is 5.70. The summed E-state index contributed by atoms with van der Waals surface area (Å²) in [6.45, 7) is 3.01. The van der Waals surface area contributed by atoms with E-state index < -0.39 is 17.8 Å². The van der Waals surface area contributed by atoms with Crippen LogP contribution in [-0.2, 0) is 6.18 Å². The van der Waals surface area contributed by atoms with Crippen molar-refractivity contribution in [3.63, 3.8) is 0 Å². The second-order valence-corrected chi connectivity index (χ2v) is 6.65. The van der Waals surface area contributed by atoms with E-state index in [0.29, 0.717) is 38.5 Å². The number of halogens is 4. The number of aliphatic hydroxyl groups excluding tert-OH is 1. The minimum Gasteiger partial charge on any atom is -0.387 e. The average molecular weight is 386 g/mol. The van der Waals surface area contributed by atoms with Gasteiger partial charge in [0.15, 0.2) is 0 Å². The maximum absolute atomic E-state index is 12.7. The van der Waals surface area contributed by atoms with Crippen LogP contribution in [0.1, 0.15) is 17.2 Å². The Morgan fingerprint density at radius 1 is 1.12 bits per heavy atom.